The summed E-state index contributed by atoms with van der Waals surface area (Å²) in [4.78, 5) is 7.86. The Morgan fingerprint density at radius 3 is 2.35 bits per heavy atom. The lowest BCUT2D eigenvalue weighted by atomic mass is 10.2. The van der Waals surface area contributed by atoms with Crippen molar-refractivity contribution in [3.63, 3.8) is 0 Å². The first-order chi connectivity index (χ1) is 12.6. The van der Waals surface area contributed by atoms with Gasteiger partial charge in [0.1, 0.15) is 0 Å². The van der Waals surface area contributed by atoms with Crippen LogP contribution in [0, 0.1) is 0 Å². The van der Waals surface area contributed by atoms with Crippen molar-refractivity contribution in [1.82, 2.24) is 10.2 Å². The summed E-state index contributed by atoms with van der Waals surface area (Å²) in [6.45, 7) is 1.50. The number of aliphatic imine (C=N–C) groups is 1. The molecule has 0 radical (unpaired) electrons. The first kappa shape index (κ1) is 19.9. The van der Waals surface area contributed by atoms with E-state index in [4.69, 9.17) is 14.2 Å². The first-order valence-electron chi connectivity index (χ1n) is 8.36. The molecule has 6 nitrogen and oxygen atoms in total. The Balaban J connectivity index is 2.01. The Morgan fingerprint density at radius 2 is 1.85 bits per heavy atom. The van der Waals surface area contributed by atoms with Crippen molar-refractivity contribution in [2.75, 3.05) is 42.0 Å². The lowest BCUT2D eigenvalue weighted by Crippen LogP contribution is -2.39. The molecule has 0 saturated heterocycles. The maximum atomic E-state index is 5.41. The Kier molecular flexibility index (Phi) is 7.59. The van der Waals surface area contributed by atoms with E-state index in [1.165, 1.54) is 4.88 Å². The number of nitrogens with one attached hydrogen (secondary N) is 1. The van der Waals surface area contributed by atoms with Crippen molar-refractivity contribution in [3.05, 3.63) is 40.1 Å². The van der Waals surface area contributed by atoms with Crippen LogP contribution in [0.1, 0.15) is 10.4 Å². The fourth-order valence-electron chi connectivity index (χ4n) is 2.64. The van der Waals surface area contributed by atoms with E-state index in [-0.39, 0.29) is 0 Å². The summed E-state index contributed by atoms with van der Waals surface area (Å²) >= 11 is 1.78. The Hall–Kier alpha value is -2.41. The van der Waals surface area contributed by atoms with Crippen LogP contribution in [0.15, 0.2) is 34.6 Å². The third kappa shape index (κ3) is 5.05. The van der Waals surface area contributed by atoms with Gasteiger partial charge in [-0.1, -0.05) is 6.07 Å². The normalized spacial score (nSPS) is 11.2. The van der Waals surface area contributed by atoms with Crippen molar-refractivity contribution in [1.29, 1.82) is 0 Å². The van der Waals surface area contributed by atoms with Crippen LogP contribution in [-0.2, 0) is 13.0 Å². The summed E-state index contributed by atoms with van der Waals surface area (Å²) in [7, 11) is 8.66. The molecule has 0 aliphatic carbocycles. The molecule has 0 aliphatic heterocycles. The second-order valence-corrected chi connectivity index (χ2v) is 6.72. The van der Waals surface area contributed by atoms with Crippen LogP contribution in [0.3, 0.4) is 0 Å². The van der Waals surface area contributed by atoms with Crippen molar-refractivity contribution < 1.29 is 14.2 Å². The highest BCUT2D eigenvalue weighted by atomic mass is 32.1. The van der Waals surface area contributed by atoms with Crippen LogP contribution >= 0.6 is 11.3 Å². The van der Waals surface area contributed by atoms with Gasteiger partial charge in [-0.15, -0.1) is 11.3 Å². The number of likely N-dealkylation sites (N-methyl/N-ethyl adjacent to an activating group) is 1. The van der Waals surface area contributed by atoms with Gasteiger partial charge < -0.3 is 24.4 Å². The molecule has 0 bridgehead atoms. The van der Waals surface area contributed by atoms with Gasteiger partial charge in [0, 0.05) is 32.1 Å². The Bertz CT molecular complexity index is 692. The molecule has 142 valence electrons. The molecule has 1 heterocycles. The van der Waals surface area contributed by atoms with E-state index in [0.29, 0.717) is 23.8 Å². The molecule has 26 heavy (non-hydrogen) atoms. The van der Waals surface area contributed by atoms with E-state index in [2.05, 4.69) is 32.7 Å². The lowest BCUT2D eigenvalue weighted by molar-refractivity contribution is 0.323. The number of hydrogen-bond acceptors (Lipinski definition) is 5. The highest BCUT2D eigenvalue weighted by Crippen LogP contribution is 2.38. The second kappa shape index (κ2) is 9.91. The van der Waals surface area contributed by atoms with Gasteiger partial charge in [0.15, 0.2) is 17.5 Å². The fourth-order valence-corrected chi connectivity index (χ4v) is 3.34. The number of guanidine groups is 1. The minimum absolute atomic E-state index is 0.594. The zero-order chi connectivity index (χ0) is 18.9. The largest absolute Gasteiger partial charge is 0.493 e. The van der Waals surface area contributed by atoms with Crippen LogP contribution in [0.4, 0.5) is 0 Å². The molecule has 1 aromatic heterocycles. The van der Waals surface area contributed by atoms with Crippen molar-refractivity contribution in [2.45, 2.75) is 13.0 Å². The van der Waals surface area contributed by atoms with Crippen molar-refractivity contribution in [2.24, 2.45) is 4.99 Å². The zero-order valence-electron chi connectivity index (χ0n) is 16.0. The number of rotatable bonds is 8. The van der Waals surface area contributed by atoms with Gasteiger partial charge in [0.25, 0.3) is 0 Å². The van der Waals surface area contributed by atoms with Gasteiger partial charge in [-0.05, 0) is 35.6 Å². The molecule has 0 spiro atoms. The molecule has 2 rings (SSSR count). The topological polar surface area (TPSA) is 55.3 Å². The summed E-state index contributed by atoms with van der Waals surface area (Å²) < 4.78 is 16.2. The van der Waals surface area contributed by atoms with E-state index in [1.54, 1.807) is 39.7 Å². The fraction of sp³-hybridized carbons (Fsp3) is 0.421. The summed E-state index contributed by atoms with van der Waals surface area (Å²) in [6.07, 6.45) is 0.999. The van der Waals surface area contributed by atoms with Crippen LogP contribution in [-0.4, -0.2) is 52.8 Å². The lowest BCUT2D eigenvalue weighted by Gasteiger charge is -2.22. The molecule has 0 atom stereocenters. The van der Waals surface area contributed by atoms with Crippen molar-refractivity contribution >= 4 is 17.3 Å². The predicted octanol–water partition coefficient (Wildman–Crippen LogP) is 3.02. The third-order valence-corrected chi connectivity index (χ3v) is 4.96. The van der Waals surface area contributed by atoms with E-state index < -0.39 is 0 Å². The van der Waals surface area contributed by atoms with Crippen LogP contribution in [0.2, 0.25) is 0 Å². The highest BCUT2D eigenvalue weighted by Gasteiger charge is 2.14. The van der Waals surface area contributed by atoms with Gasteiger partial charge >= 0.3 is 0 Å². The van der Waals surface area contributed by atoms with E-state index >= 15 is 0 Å². The van der Waals surface area contributed by atoms with Gasteiger partial charge in [-0.3, -0.25) is 4.99 Å². The average Bonchev–Trinajstić information content (AvgIpc) is 3.19. The number of nitrogens with zero attached hydrogens (tertiary/aromatic N) is 2. The highest BCUT2D eigenvalue weighted by molar-refractivity contribution is 7.09. The van der Waals surface area contributed by atoms with Crippen LogP contribution in [0.5, 0.6) is 17.2 Å². The molecule has 2 aromatic rings. The standard InChI is InChI=1S/C19H27N3O3S/c1-20-19(22(2)9-8-15-7-6-10-26-15)21-13-14-11-16(23-3)18(25-5)17(12-14)24-4/h6-7,10-12H,8-9,13H2,1-5H3,(H,20,21). The minimum Gasteiger partial charge on any atom is -0.493 e. The van der Waals surface area contributed by atoms with E-state index in [0.717, 1.165) is 24.5 Å². The predicted molar refractivity (Wildman–Crippen MR) is 107 cm³/mol. The number of hydrogen-bond donors (Lipinski definition) is 1. The summed E-state index contributed by atoms with van der Waals surface area (Å²) in [5.41, 5.74) is 1.02. The number of ether oxygens (including phenoxy) is 3. The SMILES string of the molecule is CN=C(NCc1cc(OC)c(OC)c(OC)c1)N(C)CCc1cccs1. The second-order valence-electron chi connectivity index (χ2n) is 5.69. The molecule has 0 unspecified atom stereocenters. The number of thiophene rings is 1. The quantitative estimate of drug-likeness (QED) is 0.566. The first-order valence-corrected chi connectivity index (χ1v) is 9.24. The Labute approximate surface area is 159 Å². The monoisotopic (exact) mass is 377 g/mol. The Morgan fingerprint density at radius 1 is 1.15 bits per heavy atom. The van der Waals surface area contributed by atoms with E-state index in [1.807, 2.05) is 19.2 Å². The maximum absolute atomic E-state index is 5.41. The molecule has 0 saturated carbocycles. The molecule has 1 N–H and O–H groups in total. The zero-order valence-corrected chi connectivity index (χ0v) is 16.9. The van der Waals surface area contributed by atoms with Gasteiger partial charge in [0.2, 0.25) is 5.75 Å². The molecular formula is C19H27N3O3S. The van der Waals surface area contributed by atoms with Crippen molar-refractivity contribution in [3.8, 4) is 17.2 Å². The summed E-state index contributed by atoms with van der Waals surface area (Å²) in [6, 6.07) is 8.11. The molecule has 0 amide bonds. The number of methoxy groups -OCH3 is 3. The maximum Gasteiger partial charge on any atom is 0.203 e. The molecule has 1 aromatic carbocycles. The summed E-state index contributed by atoms with van der Waals surface area (Å²) in [5.74, 6) is 2.72. The molecular weight excluding hydrogens is 350 g/mol. The van der Waals surface area contributed by atoms with Gasteiger partial charge in [0.05, 0.1) is 21.3 Å². The average molecular weight is 378 g/mol. The smallest absolute Gasteiger partial charge is 0.203 e. The van der Waals surface area contributed by atoms with E-state index in [9.17, 15) is 0 Å². The van der Waals surface area contributed by atoms with Crippen LogP contribution in [0.25, 0.3) is 0 Å². The molecule has 0 fully saturated rings. The van der Waals surface area contributed by atoms with Gasteiger partial charge in [-0.25, -0.2) is 0 Å². The molecule has 0 aliphatic rings. The van der Waals surface area contributed by atoms with Gasteiger partial charge in [-0.2, -0.15) is 0 Å². The summed E-state index contributed by atoms with van der Waals surface area (Å²) in [5, 5.41) is 5.49. The third-order valence-electron chi connectivity index (χ3n) is 4.02. The minimum atomic E-state index is 0.594. The number of benzene rings is 1. The van der Waals surface area contributed by atoms with Crippen LogP contribution < -0.4 is 19.5 Å². The molecule has 7 heteroatoms.